The largest absolute Gasteiger partial charge is 0.508 e. The van der Waals surface area contributed by atoms with Crippen molar-refractivity contribution in [1.82, 2.24) is 5.32 Å². The van der Waals surface area contributed by atoms with Gasteiger partial charge in [-0.05, 0) is 48.4 Å². The van der Waals surface area contributed by atoms with E-state index in [-0.39, 0.29) is 33.7 Å². The number of imide groups is 2. The fourth-order valence-electron chi connectivity index (χ4n) is 2.74. The Kier molecular flexibility index (Phi) is 6.34. The highest BCUT2D eigenvalue weighted by Crippen LogP contribution is 2.35. The summed E-state index contributed by atoms with van der Waals surface area (Å²) in [5.41, 5.74) is 0.219. The van der Waals surface area contributed by atoms with Crippen molar-refractivity contribution in [3.05, 3.63) is 57.6 Å². The number of hydrogen-bond acceptors (Lipinski definition) is 5. The van der Waals surface area contributed by atoms with E-state index in [2.05, 4.69) is 5.32 Å². The van der Waals surface area contributed by atoms with E-state index in [0.717, 1.165) is 4.90 Å². The lowest BCUT2D eigenvalue weighted by Gasteiger charge is -2.26. The zero-order chi connectivity index (χ0) is 22.0. The normalized spacial score (nSPS) is 15.7. The number of benzene rings is 2. The molecule has 1 saturated heterocycles. The van der Waals surface area contributed by atoms with E-state index in [1.165, 1.54) is 42.5 Å². The lowest BCUT2D eigenvalue weighted by atomic mass is 10.1. The van der Waals surface area contributed by atoms with Crippen LogP contribution in [0.1, 0.15) is 19.4 Å². The number of barbiturate groups is 1. The van der Waals surface area contributed by atoms with Crippen LogP contribution in [0.15, 0.2) is 42.0 Å². The predicted octanol–water partition coefficient (Wildman–Crippen LogP) is 4.40. The molecule has 0 atom stereocenters. The first-order valence-corrected chi connectivity index (χ1v) is 9.75. The third-order valence-corrected chi connectivity index (χ3v) is 4.61. The Hall–Kier alpha value is -3.03. The van der Waals surface area contributed by atoms with Gasteiger partial charge in [-0.25, -0.2) is 9.69 Å². The van der Waals surface area contributed by atoms with E-state index in [9.17, 15) is 19.5 Å². The first-order valence-electron chi connectivity index (χ1n) is 8.99. The van der Waals surface area contributed by atoms with Crippen molar-refractivity contribution in [2.75, 3.05) is 11.5 Å². The van der Waals surface area contributed by atoms with Gasteiger partial charge in [0.05, 0.1) is 17.3 Å². The quantitative estimate of drug-likeness (QED) is 0.521. The van der Waals surface area contributed by atoms with Crippen LogP contribution in [0, 0.1) is 5.92 Å². The summed E-state index contributed by atoms with van der Waals surface area (Å²) in [6.45, 7) is 4.28. The van der Waals surface area contributed by atoms with Crippen LogP contribution < -0.4 is 15.0 Å². The number of rotatable bonds is 5. The predicted molar refractivity (Wildman–Crippen MR) is 114 cm³/mol. The summed E-state index contributed by atoms with van der Waals surface area (Å²) < 4.78 is 5.76. The molecular formula is C21H18Cl2N2O5. The van der Waals surface area contributed by atoms with E-state index >= 15 is 0 Å². The number of halogens is 2. The molecule has 30 heavy (non-hydrogen) atoms. The highest BCUT2D eigenvalue weighted by molar-refractivity contribution is 6.40. The summed E-state index contributed by atoms with van der Waals surface area (Å²) in [6, 6.07) is 7.53. The summed E-state index contributed by atoms with van der Waals surface area (Å²) >= 11 is 12.4. The number of carbonyl (C=O) groups is 3. The molecule has 0 aromatic heterocycles. The van der Waals surface area contributed by atoms with Crippen LogP contribution in [-0.4, -0.2) is 29.6 Å². The molecule has 0 saturated carbocycles. The fraction of sp³-hybridized carbons (Fsp3) is 0.190. The van der Waals surface area contributed by atoms with Gasteiger partial charge in [-0.1, -0.05) is 37.0 Å². The molecule has 9 heteroatoms. The number of ether oxygens (including phenoxy) is 1. The molecule has 0 radical (unpaired) electrons. The second-order valence-electron chi connectivity index (χ2n) is 6.99. The fourth-order valence-corrected chi connectivity index (χ4v) is 3.30. The molecule has 1 fully saturated rings. The lowest BCUT2D eigenvalue weighted by Crippen LogP contribution is -2.54. The molecule has 1 aliphatic rings. The van der Waals surface area contributed by atoms with Gasteiger partial charge in [-0.2, -0.15) is 0 Å². The maximum atomic E-state index is 13.0. The van der Waals surface area contributed by atoms with E-state index in [1.54, 1.807) is 0 Å². The molecule has 4 amide bonds. The van der Waals surface area contributed by atoms with E-state index < -0.39 is 17.8 Å². The SMILES string of the molecule is CC(C)COc1c(Cl)cc(Cl)cc1/C=C1\C(=O)NC(=O)N(c2ccc(O)cc2)C1=O. The number of amides is 4. The van der Waals surface area contributed by atoms with E-state index in [1.807, 2.05) is 13.8 Å². The van der Waals surface area contributed by atoms with Crippen molar-refractivity contribution in [2.45, 2.75) is 13.8 Å². The first-order chi connectivity index (χ1) is 14.2. The summed E-state index contributed by atoms with van der Waals surface area (Å²) in [7, 11) is 0. The van der Waals surface area contributed by atoms with Gasteiger partial charge in [-0.3, -0.25) is 14.9 Å². The van der Waals surface area contributed by atoms with Gasteiger partial charge in [0.2, 0.25) is 0 Å². The van der Waals surface area contributed by atoms with Crippen LogP contribution in [-0.2, 0) is 9.59 Å². The van der Waals surface area contributed by atoms with Crippen LogP contribution in [0.2, 0.25) is 10.0 Å². The number of nitrogens with one attached hydrogen (secondary N) is 1. The minimum atomic E-state index is -0.895. The van der Waals surface area contributed by atoms with E-state index in [4.69, 9.17) is 27.9 Å². The van der Waals surface area contributed by atoms with Crippen molar-refractivity contribution in [3.63, 3.8) is 0 Å². The average molecular weight is 449 g/mol. The van der Waals surface area contributed by atoms with Crippen molar-refractivity contribution < 1.29 is 24.2 Å². The Bertz CT molecular complexity index is 1050. The number of hydrogen-bond donors (Lipinski definition) is 2. The molecule has 7 nitrogen and oxygen atoms in total. The molecule has 156 valence electrons. The molecule has 0 bridgehead atoms. The molecule has 1 heterocycles. The Labute approximate surface area is 182 Å². The smallest absolute Gasteiger partial charge is 0.335 e. The zero-order valence-corrected chi connectivity index (χ0v) is 17.6. The Balaban J connectivity index is 2.05. The minimum absolute atomic E-state index is 0.0315. The number of phenols is 1. The number of urea groups is 1. The zero-order valence-electron chi connectivity index (χ0n) is 16.1. The van der Waals surface area contributed by atoms with Gasteiger partial charge in [0.1, 0.15) is 17.1 Å². The monoisotopic (exact) mass is 448 g/mol. The Morgan fingerprint density at radius 3 is 2.43 bits per heavy atom. The molecule has 3 rings (SSSR count). The molecule has 1 aliphatic heterocycles. The number of carbonyl (C=O) groups excluding carboxylic acids is 3. The van der Waals surface area contributed by atoms with Gasteiger partial charge >= 0.3 is 6.03 Å². The minimum Gasteiger partial charge on any atom is -0.508 e. The second-order valence-corrected chi connectivity index (χ2v) is 7.83. The van der Waals surface area contributed by atoms with Crippen LogP contribution in [0.25, 0.3) is 6.08 Å². The first kappa shape index (κ1) is 21.7. The molecule has 2 N–H and O–H groups in total. The van der Waals surface area contributed by atoms with Crippen LogP contribution in [0.3, 0.4) is 0 Å². The maximum Gasteiger partial charge on any atom is 0.335 e. The van der Waals surface area contributed by atoms with Crippen molar-refractivity contribution >= 4 is 52.8 Å². The third kappa shape index (κ3) is 4.58. The Morgan fingerprint density at radius 1 is 1.13 bits per heavy atom. The molecule has 0 unspecified atom stereocenters. The summed E-state index contributed by atoms with van der Waals surface area (Å²) in [5, 5.41) is 12.1. The average Bonchev–Trinajstić information content (AvgIpc) is 2.65. The third-order valence-electron chi connectivity index (χ3n) is 4.11. The number of aromatic hydroxyl groups is 1. The number of anilines is 1. The van der Waals surface area contributed by atoms with Gasteiger partial charge < -0.3 is 9.84 Å². The molecule has 0 aliphatic carbocycles. The van der Waals surface area contributed by atoms with Gasteiger partial charge in [0.15, 0.2) is 0 Å². The summed E-state index contributed by atoms with van der Waals surface area (Å²) in [4.78, 5) is 38.5. The van der Waals surface area contributed by atoms with Crippen LogP contribution >= 0.6 is 23.2 Å². The van der Waals surface area contributed by atoms with Crippen molar-refractivity contribution in [1.29, 1.82) is 0 Å². The highest BCUT2D eigenvalue weighted by Gasteiger charge is 2.37. The highest BCUT2D eigenvalue weighted by atomic mass is 35.5. The lowest BCUT2D eigenvalue weighted by molar-refractivity contribution is -0.122. The number of nitrogens with zero attached hydrogens (tertiary/aromatic N) is 1. The van der Waals surface area contributed by atoms with Gasteiger partial charge in [0.25, 0.3) is 11.8 Å². The second kappa shape index (κ2) is 8.77. The molecular weight excluding hydrogens is 431 g/mol. The number of phenolic OH excluding ortho intramolecular Hbond substituents is 1. The molecule has 2 aromatic rings. The summed E-state index contributed by atoms with van der Waals surface area (Å²) in [5.74, 6) is -1.24. The standard InChI is InChI=1S/C21H18Cl2N2O5/c1-11(2)10-30-18-12(7-13(22)9-17(18)23)8-16-19(27)24-21(29)25(20(16)28)14-3-5-15(26)6-4-14/h3-9,11,26H,10H2,1-2H3,(H,24,27,29)/b16-8+. The van der Waals surface area contributed by atoms with Crippen LogP contribution in [0.4, 0.5) is 10.5 Å². The van der Waals surface area contributed by atoms with Gasteiger partial charge in [-0.15, -0.1) is 0 Å². The van der Waals surface area contributed by atoms with Gasteiger partial charge in [0, 0.05) is 10.6 Å². The maximum absolute atomic E-state index is 13.0. The molecule has 0 spiro atoms. The summed E-state index contributed by atoms with van der Waals surface area (Å²) in [6.07, 6.45) is 1.28. The topological polar surface area (TPSA) is 95.9 Å². The van der Waals surface area contributed by atoms with Crippen molar-refractivity contribution in [3.8, 4) is 11.5 Å². The van der Waals surface area contributed by atoms with E-state index in [0.29, 0.717) is 17.2 Å². The molecule has 2 aromatic carbocycles. The van der Waals surface area contributed by atoms with Crippen LogP contribution in [0.5, 0.6) is 11.5 Å². The van der Waals surface area contributed by atoms with Crippen molar-refractivity contribution in [2.24, 2.45) is 5.92 Å². The Morgan fingerprint density at radius 2 is 1.80 bits per heavy atom.